The van der Waals surface area contributed by atoms with Gasteiger partial charge in [-0.15, -0.1) is 11.3 Å². The van der Waals surface area contributed by atoms with E-state index >= 15 is 0 Å². The molecule has 0 fully saturated rings. The Hall–Kier alpha value is -1.66. The van der Waals surface area contributed by atoms with Crippen LogP contribution in [0.1, 0.15) is 20.9 Å². The number of aromatic nitrogens is 2. The lowest BCUT2D eigenvalue weighted by Crippen LogP contribution is -2.20. The Kier molecular flexibility index (Phi) is 4.11. The largest absolute Gasteiger partial charge is 0.478 e. The number of carboxylic acids is 1. The SMILES string of the molecule is Cn1ncc(C(=O)O)c1CNCCc1cccs1. The molecular formula is C12H15N3O2S. The molecule has 18 heavy (non-hydrogen) atoms. The normalized spacial score (nSPS) is 10.7. The van der Waals surface area contributed by atoms with Crippen molar-refractivity contribution >= 4 is 17.3 Å². The van der Waals surface area contributed by atoms with Gasteiger partial charge in [0.15, 0.2) is 0 Å². The third-order valence-corrected chi connectivity index (χ3v) is 3.65. The van der Waals surface area contributed by atoms with Gasteiger partial charge in [-0.1, -0.05) is 6.07 Å². The fourth-order valence-electron chi connectivity index (χ4n) is 1.72. The van der Waals surface area contributed by atoms with Gasteiger partial charge in [0, 0.05) is 25.0 Å². The maximum Gasteiger partial charge on any atom is 0.339 e. The molecule has 0 unspecified atom stereocenters. The van der Waals surface area contributed by atoms with Crippen LogP contribution < -0.4 is 5.32 Å². The zero-order chi connectivity index (χ0) is 13.0. The molecule has 0 atom stereocenters. The number of nitrogens with zero attached hydrogens (tertiary/aromatic N) is 2. The highest BCUT2D eigenvalue weighted by Gasteiger charge is 2.14. The molecular weight excluding hydrogens is 250 g/mol. The van der Waals surface area contributed by atoms with Gasteiger partial charge in [-0.2, -0.15) is 5.10 Å². The van der Waals surface area contributed by atoms with Gasteiger partial charge in [0.2, 0.25) is 0 Å². The summed E-state index contributed by atoms with van der Waals surface area (Å²) in [6.07, 6.45) is 2.34. The van der Waals surface area contributed by atoms with Crippen molar-refractivity contribution in [3.63, 3.8) is 0 Å². The fourth-order valence-corrected chi connectivity index (χ4v) is 2.43. The van der Waals surface area contributed by atoms with Crippen LogP contribution in [0, 0.1) is 0 Å². The summed E-state index contributed by atoms with van der Waals surface area (Å²) in [6.45, 7) is 1.34. The first-order chi connectivity index (χ1) is 8.68. The van der Waals surface area contributed by atoms with Gasteiger partial charge in [0.05, 0.1) is 11.9 Å². The van der Waals surface area contributed by atoms with Crippen molar-refractivity contribution in [2.24, 2.45) is 7.05 Å². The second-order valence-electron chi connectivity index (χ2n) is 3.94. The van der Waals surface area contributed by atoms with E-state index in [2.05, 4.69) is 21.9 Å². The van der Waals surface area contributed by atoms with Crippen molar-refractivity contribution in [3.05, 3.63) is 39.8 Å². The average Bonchev–Trinajstić information content (AvgIpc) is 2.94. The number of nitrogens with one attached hydrogen (secondary N) is 1. The number of carbonyl (C=O) groups is 1. The molecule has 0 aromatic carbocycles. The molecule has 2 aromatic heterocycles. The molecule has 0 radical (unpaired) electrons. The minimum atomic E-state index is -0.932. The van der Waals surface area contributed by atoms with E-state index in [0.717, 1.165) is 13.0 Å². The highest BCUT2D eigenvalue weighted by Crippen LogP contribution is 2.09. The lowest BCUT2D eigenvalue weighted by atomic mass is 10.2. The summed E-state index contributed by atoms with van der Waals surface area (Å²) >= 11 is 1.73. The van der Waals surface area contributed by atoms with Crippen LogP contribution in [0.15, 0.2) is 23.7 Å². The van der Waals surface area contributed by atoms with Crippen molar-refractivity contribution in [1.82, 2.24) is 15.1 Å². The smallest absolute Gasteiger partial charge is 0.339 e. The maximum absolute atomic E-state index is 11.0. The first-order valence-corrected chi connectivity index (χ1v) is 6.53. The molecule has 0 bridgehead atoms. The van der Waals surface area contributed by atoms with Gasteiger partial charge < -0.3 is 10.4 Å². The molecule has 2 rings (SSSR count). The molecule has 0 saturated heterocycles. The second kappa shape index (κ2) is 5.79. The predicted molar refractivity (Wildman–Crippen MR) is 69.9 cm³/mol. The molecule has 0 aliphatic heterocycles. The van der Waals surface area contributed by atoms with Gasteiger partial charge in [-0.05, 0) is 17.9 Å². The summed E-state index contributed by atoms with van der Waals surface area (Å²) in [5, 5.41) is 18.3. The molecule has 2 heterocycles. The van der Waals surface area contributed by atoms with Gasteiger partial charge in [0.1, 0.15) is 5.56 Å². The summed E-state index contributed by atoms with van der Waals surface area (Å²) in [6, 6.07) is 4.13. The van der Waals surface area contributed by atoms with E-state index in [-0.39, 0.29) is 5.56 Å². The Bertz CT molecular complexity index is 519. The zero-order valence-electron chi connectivity index (χ0n) is 10.1. The van der Waals surface area contributed by atoms with E-state index in [4.69, 9.17) is 5.11 Å². The van der Waals surface area contributed by atoms with Crippen LogP contribution in [0.3, 0.4) is 0 Å². The second-order valence-corrected chi connectivity index (χ2v) is 4.97. The Morgan fingerprint density at radius 3 is 3.11 bits per heavy atom. The number of carboxylic acid groups (broad SMARTS) is 1. The lowest BCUT2D eigenvalue weighted by molar-refractivity contribution is 0.0695. The Balaban J connectivity index is 1.86. The van der Waals surface area contributed by atoms with Crippen molar-refractivity contribution in [2.75, 3.05) is 6.54 Å². The zero-order valence-corrected chi connectivity index (χ0v) is 10.9. The molecule has 0 saturated carbocycles. The van der Waals surface area contributed by atoms with Crippen molar-refractivity contribution in [1.29, 1.82) is 0 Å². The van der Waals surface area contributed by atoms with Gasteiger partial charge in [-0.3, -0.25) is 4.68 Å². The average molecular weight is 265 g/mol. The van der Waals surface area contributed by atoms with Gasteiger partial charge >= 0.3 is 5.97 Å². The van der Waals surface area contributed by atoms with Gasteiger partial charge in [0.25, 0.3) is 0 Å². The van der Waals surface area contributed by atoms with Crippen LogP contribution >= 0.6 is 11.3 Å². The van der Waals surface area contributed by atoms with Crippen LogP contribution in [0.5, 0.6) is 0 Å². The van der Waals surface area contributed by atoms with Crippen LogP contribution in [-0.4, -0.2) is 27.4 Å². The topological polar surface area (TPSA) is 67.2 Å². The van der Waals surface area contributed by atoms with Gasteiger partial charge in [-0.25, -0.2) is 4.79 Å². The summed E-state index contributed by atoms with van der Waals surface area (Å²) < 4.78 is 1.60. The number of hydrogen-bond donors (Lipinski definition) is 2. The van der Waals surface area contributed by atoms with Crippen LogP contribution in [0.25, 0.3) is 0 Å². The number of aryl methyl sites for hydroxylation is 1. The third-order valence-electron chi connectivity index (χ3n) is 2.71. The molecule has 96 valence electrons. The first-order valence-electron chi connectivity index (χ1n) is 5.65. The number of aromatic carboxylic acids is 1. The minimum Gasteiger partial charge on any atom is -0.478 e. The molecule has 0 aliphatic carbocycles. The van der Waals surface area contributed by atoms with E-state index in [0.29, 0.717) is 12.2 Å². The van der Waals surface area contributed by atoms with E-state index in [1.54, 1.807) is 23.1 Å². The van der Waals surface area contributed by atoms with Crippen molar-refractivity contribution < 1.29 is 9.90 Å². The number of hydrogen-bond acceptors (Lipinski definition) is 4. The third kappa shape index (κ3) is 2.96. The summed E-state index contributed by atoms with van der Waals surface area (Å²) in [5.74, 6) is -0.932. The standard InChI is InChI=1S/C12H15N3O2S/c1-15-11(10(7-14-15)12(16)17)8-13-5-4-9-3-2-6-18-9/h2-3,6-7,13H,4-5,8H2,1H3,(H,16,17). The molecule has 0 aliphatic rings. The number of rotatable bonds is 6. The van der Waals surface area contributed by atoms with Crippen LogP contribution in [0.4, 0.5) is 0 Å². The van der Waals surface area contributed by atoms with E-state index in [1.807, 2.05) is 6.07 Å². The summed E-state index contributed by atoms with van der Waals surface area (Å²) in [5.41, 5.74) is 0.967. The quantitative estimate of drug-likeness (QED) is 0.777. The van der Waals surface area contributed by atoms with Crippen LogP contribution in [-0.2, 0) is 20.0 Å². The van der Waals surface area contributed by atoms with E-state index in [1.165, 1.54) is 11.1 Å². The van der Waals surface area contributed by atoms with Crippen molar-refractivity contribution in [2.45, 2.75) is 13.0 Å². The van der Waals surface area contributed by atoms with Crippen LogP contribution in [0.2, 0.25) is 0 Å². The lowest BCUT2D eigenvalue weighted by Gasteiger charge is -2.05. The summed E-state index contributed by atoms with van der Waals surface area (Å²) in [4.78, 5) is 12.3. The highest BCUT2D eigenvalue weighted by atomic mass is 32.1. The monoisotopic (exact) mass is 265 g/mol. The maximum atomic E-state index is 11.0. The van der Waals surface area contributed by atoms with Crippen molar-refractivity contribution in [3.8, 4) is 0 Å². The molecule has 2 aromatic rings. The first kappa shape index (κ1) is 12.8. The molecule has 0 amide bonds. The molecule has 0 spiro atoms. The van der Waals surface area contributed by atoms with E-state index in [9.17, 15) is 4.79 Å². The van der Waals surface area contributed by atoms with E-state index < -0.39 is 5.97 Å². The summed E-state index contributed by atoms with van der Waals surface area (Å²) in [7, 11) is 1.75. The fraction of sp³-hybridized carbons (Fsp3) is 0.333. The Labute approximate surface area is 109 Å². The number of thiophene rings is 1. The highest BCUT2D eigenvalue weighted by molar-refractivity contribution is 7.09. The molecule has 2 N–H and O–H groups in total. The predicted octanol–water partition coefficient (Wildman–Crippen LogP) is 1.51. The molecule has 5 nitrogen and oxygen atoms in total. The minimum absolute atomic E-state index is 0.265. The Morgan fingerprint density at radius 2 is 2.44 bits per heavy atom. The Morgan fingerprint density at radius 1 is 1.61 bits per heavy atom. The molecule has 6 heteroatoms.